The fourth-order valence-electron chi connectivity index (χ4n) is 0.604. The molecule has 3 nitrogen and oxygen atoms in total. The molecular formula is C7H10F3NO2. The molecular weight excluding hydrogens is 187 g/mol. The molecule has 0 amide bonds. The second kappa shape index (κ2) is 5.45. The van der Waals surface area contributed by atoms with E-state index in [-0.39, 0.29) is 13.0 Å². The number of alkyl halides is 3. The third-order valence-electron chi connectivity index (χ3n) is 1.13. The van der Waals surface area contributed by atoms with Gasteiger partial charge in [0.15, 0.2) is 0 Å². The van der Waals surface area contributed by atoms with Crippen molar-refractivity contribution in [1.29, 1.82) is 0 Å². The Labute approximate surface area is 73.2 Å². The number of carboxylic acids is 1. The van der Waals surface area contributed by atoms with E-state index < -0.39 is 18.6 Å². The van der Waals surface area contributed by atoms with Crippen molar-refractivity contribution in [2.45, 2.75) is 19.0 Å². The molecule has 0 radical (unpaired) electrons. The summed E-state index contributed by atoms with van der Waals surface area (Å²) in [5.41, 5.74) is 0. The quantitative estimate of drug-likeness (QED) is 0.519. The van der Waals surface area contributed by atoms with Crippen molar-refractivity contribution < 1.29 is 23.1 Å². The van der Waals surface area contributed by atoms with Gasteiger partial charge < -0.3 is 10.4 Å². The minimum atomic E-state index is -4.14. The normalized spacial score (nSPS) is 11.9. The zero-order valence-corrected chi connectivity index (χ0v) is 6.77. The van der Waals surface area contributed by atoms with E-state index >= 15 is 0 Å². The summed E-state index contributed by atoms with van der Waals surface area (Å²) in [6, 6.07) is 0. The Balaban J connectivity index is 3.32. The van der Waals surface area contributed by atoms with Gasteiger partial charge in [0.2, 0.25) is 0 Å². The number of halogens is 3. The molecule has 6 heteroatoms. The Morgan fingerprint density at radius 1 is 1.46 bits per heavy atom. The van der Waals surface area contributed by atoms with Gasteiger partial charge in [0, 0.05) is 25.2 Å². The van der Waals surface area contributed by atoms with Gasteiger partial charge in [0.05, 0.1) is 0 Å². The Kier molecular flexibility index (Phi) is 4.94. The van der Waals surface area contributed by atoms with Crippen LogP contribution < -0.4 is 5.32 Å². The minimum absolute atomic E-state index is 0.0620. The van der Waals surface area contributed by atoms with Crippen LogP contribution in [0.15, 0.2) is 12.3 Å². The highest BCUT2D eigenvalue weighted by molar-refractivity contribution is 5.79. The average Bonchev–Trinajstić information content (AvgIpc) is 1.93. The van der Waals surface area contributed by atoms with Crippen molar-refractivity contribution in [1.82, 2.24) is 5.32 Å². The van der Waals surface area contributed by atoms with Crippen LogP contribution in [0.3, 0.4) is 0 Å². The summed E-state index contributed by atoms with van der Waals surface area (Å²) < 4.78 is 34.7. The second-order valence-electron chi connectivity index (χ2n) is 2.34. The Bertz CT molecular complexity index is 189. The first-order chi connectivity index (χ1) is 5.92. The first-order valence-electron chi connectivity index (χ1n) is 3.61. The lowest BCUT2D eigenvalue weighted by Crippen LogP contribution is -2.13. The third-order valence-corrected chi connectivity index (χ3v) is 1.13. The smallest absolute Gasteiger partial charge is 0.389 e. The van der Waals surface area contributed by atoms with Crippen LogP contribution in [0.25, 0.3) is 0 Å². The number of hydrogen-bond donors (Lipinski definition) is 2. The van der Waals surface area contributed by atoms with Crippen LogP contribution in [0, 0.1) is 0 Å². The third kappa shape index (κ3) is 10.8. The summed E-state index contributed by atoms with van der Waals surface area (Å²) in [4.78, 5) is 9.88. The summed E-state index contributed by atoms with van der Waals surface area (Å²) in [5.74, 6) is -1.14. The zero-order valence-electron chi connectivity index (χ0n) is 6.77. The van der Waals surface area contributed by atoms with Gasteiger partial charge in [0.25, 0.3) is 0 Å². The molecule has 0 aromatic carbocycles. The molecule has 0 fully saturated rings. The van der Waals surface area contributed by atoms with Crippen LogP contribution in [0.1, 0.15) is 12.8 Å². The van der Waals surface area contributed by atoms with E-state index in [1.54, 1.807) is 0 Å². The van der Waals surface area contributed by atoms with Crippen molar-refractivity contribution in [3.63, 3.8) is 0 Å². The summed E-state index contributed by atoms with van der Waals surface area (Å²) in [7, 11) is 0. The van der Waals surface area contributed by atoms with Gasteiger partial charge in [0.1, 0.15) is 0 Å². The highest BCUT2D eigenvalue weighted by atomic mass is 19.4. The largest absolute Gasteiger partial charge is 0.478 e. The fraction of sp³-hybridized carbons (Fsp3) is 0.571. The zero-order chi connectivity index (χ0) is 10.3. The highest BCUT2D eigenvalue weighted by Gasteiger charge is 2.25. The van der Waals surface area contributed by atoms with E-state index in [4.69, 9.17) is 5.11 Å². The number of carbonyl (C=O) groups is 1. The number of nitrogens with one attached hydrogen (secondary N) is 1. The number of rotatable bonds is 5. The lowest BCUT2D eigenvalue weighted by Gasteiger charge is -2.04. The van der Waals surface area contributed by atoms with E-state index in [9.17, 15) is 18.0 Å². The van der Waals surface area contributed by atoms with Crippen LogP contribution >= 0.6 is 0 Å². The van der Waals surface area contributed by atoms with Crippen molar-refractivity contribution in [3.8, 4) is 0 Å². The van der Waals surface area contributed by atoms with Gasteiger partial charge in [-0.3, -0.25) is 0 Å². The predicted molar refractivity (Wildman–Crippen MR) is 40.1 cm³/mol. The van der Waals surface area contributed by atoms with E-state index in [0.29, 0.717) is 0 Å². The molecule has 0 aliphatic heterocycles. The van der Waals surface area contributed by atoms with Gasteiger partial charge >= 0.3 is 12.1 Å². The van der Waals surface area contributed by atoms with Crippen molar-refractivity contribution >= 4 is 5.97 Å². The maximum Gasteiger partial charge on any atom is 0.389 e. The predicted octanol–water partition coefficient (Wildman–Crippen LogP) is 1.52. The van der Waals surface area contributed by atoms with E-state index in [1.807, 2.05) is 0 Å². The van der Waals surface area contributed by atoms with Gasteiger partial charge in [-0.15, -0.1) is 0 Å². The van der Waals surface area contributed by atoms with Crippen molar-refractivity contribution in [2.75, 3.05) is 6.54 Å². The lowest BCUT2D eigenvalue weighted by atomic mass is 10.3. The van der Waals surface area contributed by atoms with Gasteiger partial charge in [-0.1, -0.05) is 0 Å². The summed E-state index contributed by atoms with van der Waals surface area (Å²) in [6.07, 6.45) is -3.13. The molecule has 0 unspecified atom stereocenters. The van der Waals surface area contributed by atoms with Crippen LogP contribution in [-0.2, 0) is 4.79 Å². The topological polar surface area (TPSA) is 49.3 Å². The number of aliphatic carboxylic acids is 1. The first-order valence-corrected chi connectivity index (χ1v) is 3.61. The maximum atomic E-state index is 11.6. The van der Waals surface area contributed by atoms with Crippen LogP contribution in [0.5, 0.6) is 0 Å². The van der Waals surface area contributed by atoms with E-state index in [0.717, 1.165) is 12.3 Å². The molecule has 0 aromatic rings. The Hall–Kier alpha value is -1.20. The lowest BCUT2D eigenvalue weighted by molar-refractivity contribution is -0.135. The fourth-order valence-corrected chi connectivity index (χ4v) is 0.604. The standard InChI is InChI=1S/C7H10F3NO2/c8-7(9,10)3-1-4-11-5-2-6(12)13/h2,5,11H,1,3-4H2,(H,12,13)/b5-2+. The Morgan fingerprint density at radius 3 is 2.54 bits per heavy atom. The van der Waals surface area contributed by atoms with E-state index in [1.165, 1.54) is 0 Å². The molecule has 76 valence electrons. The number of hydrogen-bond acceptors (Lipinski definition) is 2. The monoisotopic (exact) mass is 197 g/mol. The molecule has 0 spiro atoms. The summed E-state index contributed by atoms with van der Waals surface area (Å²) in [5, 5.41) is 10.5. The van der Waals surface area contributed by atoms with Gasteiger partial charge in [-0.05, 0) is 6.42 Å². The summed E-state index contributed by atoms with van der Waals surface area (Å²) >= 11 is 0. The molecule has 2 N–H and O–H groups in total. The van der Waals surface area contributed by atoms with Crippen LogP contribution in [-0.4, -0.2) is 23.8 Å². The molecule has 0 aliphatic rings. The maximum absolute atomic E-state index is 11.6. The molecule has 0 aromatic heterocycles. The van der Waals surface area contributed by atoms with Crippen molar-refractivity contribution in [3.05, 3.63) is 12.3 Å². The number of carboxylic acid groups (broad SMARTS) is 1. The van der Waals surface area contributed by atoms with Gasteiger partial charge in [-0.2, -0.15) is 13.2 Å². The molecule has 0 saturated heterocycles. The molecule has 13 heavy (non-hydrogen) atoms. The van der Waals surface area contributed by atoms with Crippen LogP contribution in [0.4, 0.5) is 13.2 Å². The average molecular weight is 197 g/mol. The highest BCUT2D eigenvalue weighted by Crippen LogP contribution is 2.20. The van der Waals surface area contributed by atoms with E-state index in [2.05, 4.69) is 5.32 Å². The van der Waals surface area contributed by atoms with Crippen molar-refractivity contribution in [2.24, 2.45) is 0 Å². The molecule has 0 saturated carbocycles. The Morgan fingerprint density at radius 2 is 2.08 bits per heavy atom. The first kappa shape index (κ1) is 11.8. The molecule has 0 rings (SSSR count). The molecule has 0 bridgehead atoms. The van der Waals surface area contributed by atoms with Gasteiger partial charge in [-0.25, -0.2) is 4.79 Å². The SMILES string of the molecule is O=C(O)/C=C/NCCCC(F)(F)F. The summed E-state index contributed by atoms with van der Waals surface area (Å²) in [6.45, 7) is 0.114. The molecule has 0 aliphatic carbocycles. The second-order valence-corrected chi connectivity index (χ2v) is 2.34. The molecule has 0 heterocycles. The molecule has 0 atom stereocenters. The minimum Gasteiger partial charge on any atom is -0.478 e. The van der Waals surface area contributed by atoms with Crippen LogP contribution in [0.2, 0.25) is 0 Å².